The van der Waals surface area contributed by atoms with Crippen LogP contribution in [0.15, 0.2) is 18.9 Å². The molecule has 0 aliphatic rings. The van der Waals surface area contributed by atoms with E-state index < -0.39 is 0 Å². The lowest BCUT2D eigenvalue weighted by Crippen LogP contribution is -1.83. The summed E-state index contributed by atoms with van der Waals surface area (Å²) in [5, 5.41) is 0. The molecule has 0 fully saturated rings. The van der Waals surface area contributed by atoms with Crippen LogP contribution in [0.4, 0.5) is 0 Å². The highest BCUT2D eigenvalue weighted by atomic mass is 33.1. The SMILES string of the molecule is SSn1cnc2cncnc21. The lowest BCUT2D eigenvalue weighted by molar-refractivity contribution is 1.18. The molecular weight excluding hydrogens is 180 g/mol. The van der Waals surface area contributed by atoms with Crippen LogP contribution in [-0.2, 0) is 0 Å². The molecule has 0 bridgehead atoms. The Labute approximate surface area is 72.0 Å². The topological polar surface area (TPSA) is 43.6 Å². The van der Waals surface area contributed by atoms with Crippen molar-refractivity contribution in [3.63, 3.8) is 0 Å². The van der Waals surface area contributed by atoms with Crippen LogP contribution in [0.2, 0.25) is 0 Å². The molecule has 2 heterocycles. The standard InChI is InChI=1S/C5H4N4S2/c10-11-9-3-8-4-1-6-2-7-5(4)9/h1-3,10H. The van der Waals surface area contributed by atoms with Gasteiger partial charge in [-0.15, -0.1) is 0 Å². The first-order chi connectivity index (χ1) is 5.42. The summed E-state index contributed by atoms with van der Waals surface area (Å²) in [6.07, 6.45) is 4.82. The fourth-order valence-electron chi connectivity index (χ4n) is 0.806. The highest BCUT2D eigenvalue weighted by Crippen LogP contribution is 2.16. The molecule has 0 saturated carbocycles. The molecule has 6 heteroatoms. The van der Waals surface area contributed by atoms with Gasteiger partial charge in [0.15, 0.2) is 5.65 Å². The first-order valence-electron chi connectivity index (χ1n) is 2.87. The lowest BCUT2D eigenvalue weighted by atomic mass is 10.6. The lowest BCUT2D eigenvalue weighted by Gasteiger charge is -1.92. The molecule has 0 aliphatic carbocycles. The molecule has 11 heavy (non-hydrogen) atoms. The Morgan fingerprint density at radius 1 is 1.45 bits per heavy atom. The maximum Gasteiger partial charge on any atom is 0.174 e. The maximum absolute atomic E-state index is 4.06. The predicted octanol–water partition coefficient (Wildman–Crippen LogP) is 1.17. The van der Waals surface area contributed by atoms with Gasteiger partial charge in [-0.1, -0.05) is 11.7 Å². The fraction of sp³-hybridized carbons (Fsp3) is 0. The molecule has 2 aromatic heterocycles. The molecule has 2 rings (SSSR count). The van der Waals surface area contributed by atoms with Gasteiger partial charge in [0.1, 0.15) is 18.2 Å². The number of aromatic nitrogens is 4. The quantitative estimate of drug-likeness (QED) is 0.533. The van der Waals surface area contributed by atoms with Gasteiger partial charge in [-0.05, 0) is 0 Å². The molecule has 56 valence electrons. The third kappa shape index (κ3) is 1.08. The van der Waals surface area contributed by atoms with E-state index in [9.17, 15) is 0 Å². The summed E-state index contributed by atoms with van der Waals surface area (Å²) in [5.41, 5.74) is 1.58. The van der Waals surface area contributed by atoms with Crippen LogP contribution in [0.5, 0.6) is 0 Å². The fourth-order valence-corrected chi connectivity index (χ4v) is 1.47. The third-order valence-electron chi connectivity index (χ3n) is 1.27. The van der Waals surface area contributed by atoms with Crippen molar-refractivity contribution >= 4 is 33.8 Å². The van der Waals surface area contributed by atoms with Gasteiger partial charge in [0, 0.05) is 11.0 Å². The Hall–Kier alpha value is -0.750. The first kappa shape index (κ1) is 6.93. The van der Waals surface area contributed by atoms with E-state index in [1.807, 2.05) is 0 Å². The number of thiol groups is 1. The summed E-state index contributed by atoms with van der Waals surface area (Å²) in [6.45, 7) is 0. The minimum atomic E-state index is 0.786. The summed E-state index contributed by atoms with van der Waals surface area (Å²) in [7, 11) is 1.26. The van der Waals surface area contributed by atoms with Gasteiger partial charge in [0.05, 0.1) is 6.20 Å². The van der Waals surface area contributed by atoms with Gasteiger partial charge in [-0.2, -0.15) is 0 Å². The van der Waals surface area contributed by atoms with E-state index in [0.717, 1.165) is 11.2 Å². The molecular formula is C5H4N4S2. The number of nitrogens with zero attached hydrogens (tertiary/aromatic N) is 4. The van der Waals surface area contributed by atoms with Crippen LogP contribution in [-0.4, -0.2) is 18.9 Å². The smallest absolute Gasteiger partial charge is 0.174 e. The van der Waals surface area contributed by atoms with E-state index in [2.05, 4.69) is 26.6 Å². The second kappa shape index (κ2) is 2.71. The molecule has 0 saturated heterocycles. The van der Waals surface area contributed by atoms with E-state index >= 15 is 0 Å². The van der Waals surface area contributed by atoms with Crippen LogP contribution in [0.1, 0.15) is 0 Å². The predicted molar refractivity (Wildman–Crippen MR) is 47.3 cm³/mol. The number of rotatable bonds is 1. The highest BCUT2D eigenvalue weighted by Gasteiger charge is 2.00. The van der Waals surface area contributed by atoms with Crippen molar-refractivity contribution in [1.82, 2.24) is 18.9 Å². The van der Waals surface area contributed by atoms with Gasteiger partial charge >= 0.3 is 0 Å². The Morgan fingerprint density at radius 2 is 2.36 bits per heavy atom. The molecule has 0 aliphatic heterocycles. The maximum atomic E-state index is 4.06. The summed E-state index contributed by atoms with van der Waals surface area (Å²) in [4.78, 5) is 11.9. The number of hydrogen-bond acceptors (Lipinski definition) is 5. The molecule has 0 unspecified atom stereocenters. The summed E-state index contributed by atoms with van der Waals surface area (Å²) in [6, 6.07) is 0. The molecule has 0 N–H and O–H groups in total. The van der Waals surface area contributed by atoms with Crippen molar-refractivity contribution in [2.24, 2.45) is 0 Å². The zero-order valence-electron chi connectivity index (χ0n) is 5.38. The normalized spacial score (nSPS) is 10.6. The molecule has 0 radical (unpaired) electrons. The van der Waals surface area contributed by atoms with E-state index in [0.29, 0.717) is 0 Å². The van der Waals surface area contributed by atoms with Crippen molar-refractivity contribution in [2.45, 2.75) is 0 Å². The highest BCUT2D eigenvalue weighted by molar-refractivity contribution is 8.68. The molecule has 0 amide bonds. The van der Waals surface area contributed by atoms with E-state index in [4.69, 9.17) is 0 Å². The Kier molecular flexibility index (Phi) is 1.71. The first-order valence-corrected chi connectivity index (χ1v) is 4.69. The molecule has 0 spiro atoms. The van der Waals surface area contributed by atoms with Crippen molar-refractivity contribution < 1.29 is 0 Å². The van der Waals surface area contributed by atoms with Gasteiger partial charge in [0.2, 0.25) is 0 Å². The minimum absolute atomic E-state index is 0.786. The zero-order chi connectivity index (χ0) is 7.68. The van der Waals surface area contributed by atoms with Crippen molar-refractivity contribution in [2.75, 3.05) is 0 Å². The molecule has 2 aromatic rings. The minimum Gasteiger partial charge on any atom is -0.247 e. The van der Waals surface area contributed by atoms with E-state index in [-0.39, 0.29) is 0 Å². The number of hydrogen-bond donors (Lipinski definition) is 1. The Bertz CT molecular complexity index is 371. The number of imidazole rings is 1. The van der Waals surface area contributed by atoms with Gasteiger partial charge in [-0.3, -0.25) is 0 Å². The van der Waals surface area contributed by atoms with Gasteiger partial charge in [-0.25, -0.2) is 18.9 Å². The van der Waals surface area contributed by atoms with Gasteiger partial charge < -0.3 is 0 Å². The molecule has 0 atom stereocenters. The second-order valence-electron chi connectivity index (χ2n) is 1.88. The van der Waals surface area contributed by atoms with Crippen LogP contribution in [0.3, 0.4) is 0 Å². The second-order valence-corrected chi connectivity index (χ2v) is 2.93. The van der Waals surface area contributed by atoms with E-state index in [1.165, 1.54) is 17.3 Å². The largest absolute Gasteiger partial charge is 0.247 e. The monoisotopic (exact) mass is 184 g/mol. The Morgan fingerprint density at radius 3 is 3.18 bits per heavy atom. The van der Waals surface area contributed by atoms with Crippen LogP contribution in [0, 0.1) is 0 Å². The average Bonchev–Trinajstić information content (AvgIpc) is 2.47. The van der Waals surface area contributed by atoms with Gasteiger partial charge in [0.25, 0.3) is 0 Å². The number of fused-ring (bicyclic) bond motifs is 1. The molecule has 0 aromatic carbocycles. The van der Waals surface area contributed by atoms with Crippen molar-refractivity contribution in [3.8, 4) is 0 Å². The van der Waals surface area contributed by atoms with Crippen molar-refractivity contribution in [3.05, 3.63) is 18.9 Å². The van der Waals surface area contributed by atoms with E-state index in [1.54, 1.807) is 16.5 Å². The van der Waals surface area contributed by atoms with Crippen LogP contribution in [0.25, 0.3) is 11.2 Å². The third-order valence-corrected chi connectivity index (χ3v) is 2.24. The molecule has 4 nitrogen and oxygen atoms in total. The van der Waals surface area contributed by atoms with Crippen LogP contribution >= 0.6 is 22.6 Å². The average molecular weight is 184 g/mol. The summed E-state index contributed by atoms with van der Waals surface area (Å²) in [5.74, 6) is 0. The Balaban J connectivity index is 2.76. The summed E-state index contributed by atoms with van der Waals surface area (Å²) < 4.78 is 1.76. The summed E-state index contributed by atoms with van der Waals surface area (Å²) >= 11 is 4.03. The van der Waals surface area contributed by atoms with Crippen LogP contribution < -0.4 is 0 Å². The zero-order valence-corrected chi connectivity index (χ0v) is 7.09. The van der Waals surface area contributed by atoms with Crippen molar-refractivity contribution in [1.29, 1.82) is 0 Å².